The Bertz CT molecular complexity index is 725. The van der Waals surface area contributed by atoms with Gasteiger partial charge in [0.1, 0.15) is 5.76 Å². The number of hydrogen-bond acceptors (Lipinski definition) is 5. The molecular weight excluding hydrogens is 330 g/mol. The molecule has 3 heterocycles. The van der Waals surface area contributed by atoms with Crippen LogP contribution in [0.3, 0.4) is 0 Å². The molecule has 0 saturated heterocycles. The normalized spacial score (nSPS) is 14.0. The molecule has 23 heavy (non-hydrogen) atoms. The number of carbonyl (C=O) groups excluding carboxylic acids is 1. The predicted molar refractivity (Wildman–Crippen MR) is 92.4 cm³/mol. The second kappa shape index (κ2) is 6.95. The number of aliphatic hydroxyl groups is 1. The van der Waals surface area contributed by atoms with Crippen molar-refractivity contribution in [3.63, 3.8) is 0 Å². The number of furan rings is 1. The largest absolute Gasteiger partial charge is 0.466 e. The van der Waals surface area contributed by atoms with Crippen LogP contribution in [0.2, 0.25) is 0 Å². The van der Waals surface area contributed by atoms with Gasteiger partial charge in [0.05, 0.1) is 12.8 Å². The summed E-state index contributed by atoms with van der Waals surface area (Å²) in [6.07, 6.45) is 4.71. The first-order valence-corrected chi connectivity index (χ1v) is 8.79. The molecule has 0 fully saturated rings. The van der Waals surface area contributed by atoms with Gasteiger partial charge in [-0.3, -0.25) is 4.79 Å². The first-order valence-electron chi connectivity index (χ1n) is 6.97. The zero-order chi connectivity index (χ0) is 16.1. The van der Waals surface area contributed by atoms with E-state index in [1.54, 1.807) is 29.5 Å². The quantitative estimate of drug-likeness (QED) is 0.673. The van der Waals surface area contributed by atoms with E-state index in [1.165, 1.54) is 23.7 Å². The average Bonchev–Trinajstić information content (AvgIpc) is 3.33. The number of rotatable bonds is 6. The molecule has 3 rings (SSSR count). The molecule has 4 nitrogen and oxygen atoms in total. The van der Waals surface area contributed by atoms with Crippen LogP contribution in [0.25, 0.3) is 6.08 Å². The fourth-order valence-electron chi connectivity index (χ4n) is 2.16. The zero-order valence-corrected chi connectivity index (χ0v) is 13.8. The highest BCUT2D eigenvalue weighted by molar-refractivity contribution is 7.10. The topological polar surface area (TPSA) is 62.5 Å². The molecule has 0 unspecified atom stereocenters. The summed E-state index contributed by atoms with van der Waals surface area (Å²) in [5, 5.41) is 19.4. The van der Waals surface area contributed by atoms with Gasteiger partial charge >= 0.3 is 0 Å². The van der Waals surface area contributed by atoms with Crippen molar-refractivity contribution in [1.29, 1.82) is 0 Å². The van der Waals surface area contributed by atoms with E-state index in [0.29, 0.717) is 11.3 Å². The first-order chi connectivity index (χ1) is 11.2. The second-order valence-corrected chi connectivity index (χ2v) is 6.68. The van der Waals surface area contributed by atoms with Gasteiger partial charge < -0.3 is 14.8 Å². The molecule has 0 radical (unpaired) electrons. The van der Waals surface area contributed by atoms with E-state index in [0.717, 1.165) is 4.88 Å². The van der Waals surface area contributed by atoms with Crippen molar-refractivity contribution in [2.45, 2.75) is 5.60 Å². The maximum absolute atomic E-state index is 12.0. The van der Waals surface area contributed by atoms with E-state index >= 15 is 0 Å². The first kappa shape index (κ1) is 15.7. The van der Waals surface area contributed by atoms with E-state index in [1.807, 2.05) is 34.3 Å². The van der Waals surface area contributed by atoms with Gasteiger partial charge in [-0.05, 0) is 46.5 Å². The summed E-state index contributed by atoms with van der Waals surface area (Å²) in [7, 11) is 0. The second-order valence-electron chi connectivity index (χ2n) is 4.92. The summed E-state index contributed by atoms with van der Waals surface area (Å²) in [6.45, 7) is 0.0326. The van der Waals surface area contributed by atoms with Crippen molar-refractivity contribution >= 4 is 34.7 Å². The van der Waals surface area contributed by atoms with Crippen molar-refractivity contribution in [2.75, 3.05) is 6.54 Å². The minimum atomic E-state index is -1.38. The Labute approximate surface area is 141 Å². The van der Waals surface area contributed by atoms with E-state index in [9.17, 15) is 9.90 Å². The molecule has 1 amide bonds. The highest BCUT2D eigenvalue weighted by Crippen LogP contribution is 2.30. The zero-order valence-electron chi connectivity index (χ0n) is 12.1. The monoisotopic (exact) mass is 345 g/mol. The van der Waals surface area contributed by atoms with Crippen LogP contribution in [0, 0.1) is 0 Å². The lowest BCUT2D eigenvalue weighted by Gasteiger charge is -2.25. The van der Waals surface area contributed by atoms with Crippen LogP contribution in [-0.2, 0) is 10.4 Å². The molecule has 3 aromatic rings. The molecule has 0 saturated carbocycles. The number of amides is 1. The van der Waals surface area contributed by atoms with Crippen LogP contribution in [0.4, 0.5) is 0 Å². The smallest absolute Gasteiger partial charge is 0.244 e. The highest BCUT2D eigenvalue weighted by Gasteiger charge is 2.35. The maximum Gasteiger partial charge on any atom is 0.244 e. The Hall–Kier alpha value is -2.15. The van der Waals surface area contributed by atoms with Crippen molar-refractivity contribution in [1.82, 2.24) is 5.32 Å². The lowest BCUT2D eigenvalue weighted by molar-refractivity contribution is -0.117. The molecule has 118 valence electrons. The minimum Gasteiger partial charge on any atom is -0.466 e. The van der Waals surface area contributed by atoms with Gasteiger partial charge in [0.15, 0.2) is 5.60 Å². The third-order valence-corrected chi connectivity index (χ3v) is 4.91. The van der Waals surface area contributed by atoms with Crippen LogP contribution >= 0.6 is 22.7 Å². The lowest BCUT2D eigenvalue weighted by Crippen LogP contribution is -2.40. The fourth-order valence-corrected chi connectivity index (χ4v) is 3.50. The summed E-state index contributed by atoms with van der Waals surface area (Å²) in [6, 6.07) is 9.09. The molecule has 0 aromatic carbocycles. The minimum absolute atomic E-state index is 0.0326. The van der Waals surface area contributed by atoms with Crippen LogP contribution < -0.4 is 5.32 Å². The number of nitrogens with one attached hydrogen (secondary N) is 1. The molecule has 3 aromatic heterocycles. The van der Waals surface area contributed by atoms with E-state index in [-0.39, 0.29) is 12.5 Å². The Balaban J connectivity index is 1.71. The summed E-state index contributed by atoms with van der Waals surface area (Å²) < 4.78 is 5.36. The summed E-state index contributed by atoms with van der Waals surface area (Å²) >= 11 is 3.03. The van der Waals surface area contributed by atoms with Crippen molar-refractivity contribution in [2.24, 2.45) is 0 Å². The number of thiophene rings is 2. The SMILES string of the molecule is O=C(/C=C/c1cccs1)NC[C@@](O)(c1ccsc1)c1ccco1. The third kappa shape index (κ3) is 3.61. The van der Waals surface area contributed by atoms with Gasteiger partial charge in [0.25, 0.3) is 0 Å². The summed E-state index contributed by atoms with van der Waals surface area (Å²) in [5.41, 5.74) is -0.685. The van der Waals surface area contributed by atoms with Gasteiger partial charge in [-0.2, -0.15) is 11.3 Å². The van der Waals surface area contributed by atoms with Gasteiger partial charge in [0, 0.05) is 16.5 Å². The number of hydrogen-bond donors (Lipinski definition) is 2. The molecule has 0 aliphatic carbocycles. The van der Waals surface area contributed by atoms with Crippen LogP contribution in [0.1, 0.15) is 16.2 Å². The van der Waals surface area contributed by atoms with Gasteiger partial charge in [-0.1, -0.05) is 6.07 Å². The molecule has 2 N–H and O–H groups in total. The van der Waals surface area contributed by atoms with E-state index in [4.69, 9.17) is 4.42 Å². The number of carbonyl (C=O) groups is 1. The standard InChI is InChI=1S/C17H15NO3S2/c19-16(6-5-14-3-2-9-23-14)18-12-17(20,13-7-10-22-11-13)15-4-1-8-21-15/h1-11,20H,12H2,(H,18,19)/b6-5+/t17-/m1/s1. The van der Waals surface area contributed by atoms with Crippen molar-refractivity contribution in [3.8, 4) is 0 Å². The van der Waals surface area contributed by atoms with Gasteiger partial charge in [-0.25, -0.2) is 0 Å². The Kier molecular flexibility index (Phi) is 4.76. The summed E-state index contributed by atoms with van der Waals surface area (Å²) in [4.78, 5) is 13.0. The fraction of sp³-hybridized carbons (Fsp3) is 0.118. The third-order valence-electron chi connectivity index (χ3n) is 3.39. The maximum atomic E-state index is 12.0. The lowest BCUT2D eigenvalue weighted by atomic mass is 9.93. The van der Waals surface area contributed by atoms with Gasteiger partial charge in [-0.15, -0.1) is 11.3 Å². The average molecular weight is 345 g/mol. The molecule has 6 heteroatoms. The van der Waals surface area contributed by atoms with Crippen molar-refractivity contribution < 1.29 is 14.3 Å². The Morgan fingerprint density at radius 2 is 2.22 bits per heavy atom. The Morgan fingerprint density at radius 1 is 1.30 bits per heavy atom. The molecule has 0 aliphatic heterocycles. The predicted octanol–water partition coefficient (Wildman–Crippen LogP) is 3.47. The molecular formula is C17H15NO3S2. The molecule has 0 bridgehead atoms. The summed E-state index contributed by atoms with van der Waals surface area (Å²) in [5.74, 6) is 0.136. The van der Waals surface area contributed by atoms with Crippen LogP contribution in [0.5, 0.6) is 0 Å². The molecule has 0 aliphatic rings. The van der Waals surface area contributed by atoms with E-state index < -0.39 is 5.60 Å². The molecule has 1 atom stereocenters. The van der Waals surface area contributed by atoms with Crippen LogP contribution in [0.15, 0.2) is 63.2 Å². The van der Waals surface area contributed by atoms with E-state index in [2.05, 4.69) is 5.32 Å². The van der Waals surface area contributed by atoms with Gasteiger partial charge in [0.2, 0.25) is 5.91 Å². The highest BCUT2D eigenvalue weighted by atomic mass is 32.1. The molecule has 0 spiro atoms. The van der Waals surface area contributed by atoms with Crippen LogP contribution in [-0.4, -0.2) is 17.6 Å². The Morgan fingerprint density at radius 3 is 2.87 bits per heavy atom. The van der Waals surface area contributed by atoms with Crippen molar-refractivity contribution in [3.05, 3.63) is 75.0 Å².